The van der Waals surface area contributed by atoms with Crippen molar-refractivity contribution in [2.75, 3.05) is 0 Å². The SMILES string of the molecule is CC(C)CCCC(C)[C@]1(O)CC[C@H]2[C@@H]3CC=C4C(C)(C)CCC[C@]4(C)[C@H]3CC[C@@]21C. The first-order valence-corrected chi connectivity index (χ1v) is 13.4. The fourth-order valence-electron chi connectivity index (χ4n) is 9.43. The monoisotopic (exact) mass is 414 g/mol. The van der Waals surface area contributed by atoms with Crippen LogP contribution in [0.1, 0.15) is 119 Å². The smallest absolute Gasteiger partial charge is 0.0729 e. The van der Waals surface area contributed by atoms with Crippen LogP contribution < -0.4 is 0 Å². The van der Waals surface area contributed by atoms with Crippen LogP contribution in [0.3, 0.4) is 0 Å². The van der Waals surface area contributed by atoms with E-state index in [1.165, 1.54) is 64.2 Å². The molecule has 30 heavy (non-hydrogen) atoms. The zero-order valence-corrected chi connectivity index (χ0v) is 21.2. The number of aliphatic hydroxyl groups is 1. The number of hydrogen-bond donors (Lipinski definition) is 1. The molecule has 1 nitrogen and oxygen atoms in total. The lowest BCUT2D eigenvalue weighted by Gasteiger charge is -2.61. The van der Waals surface area contributed by atoms with Crippen LogP contribution in [0.2, 0.25) is 0 Å². The molecule has 0 amide bonds. The highest BCUT2D eigenvalue weighted by Gasteiger charge is 2.65. The Balaban J connectivity index is 1.57. The van der Waals surface area contributed by atoms with Gasteiger partial charge in [0.15, 0.2) is 0 Å². The summed E-state index contributed by atoms with van der Waals surface area (Å²) >= 11 is 0. The first kappa shape index (κ1) is 22.9. The first-order valence-electron chi connectivity index (χ1n) is 13.4. The van der Waals surface area contributed by atoms with Crippen LogP contribution in [0, 0.1) is 45.8 Å². The van der Waals surface area contributed by atoms with Crippen LogP contribution in [0.5, 0.6) is 0 Å². The molecule has 3 saturated carbocycles. The summed E-state index contributed by atoms with van der Waals surface area (Å²) in [6, 6.07) is 0. The third-order valence-electron chi connectivity index (χ3n) is 11.1. The van der Waals surface area contributed by atoms with Crippen LogP contribution in [-0.4, -0.2) is 10.7 Å². The van der Waals surface area contributed by atoms with E-state index in [1.54, 1.807) is 5.57 Å². The quantitative estimate of drug-likeness (QED) is 0.450. The van der Waals surface area contributed by atoms with Gasteiger partial charge in [0.2, 0.25) is 0 Å². The van der Waals surface area contributed by atoms with Crippen LogP contribution in [0.4, 0.5) is 0 Å². The van der Waals surface area contributed by atoms with Gasteiger partial charge in [-0.3, -0.25) is 0 Å². The van der Waals surface area contributed by atoms with E-state index in [1.807, 2.05) is 0 Å². The van der Waals surface area contributed by atoms with E-state index in [-0.39, 0.29) is 5.41 Å². The van der Waals surface area contributed by atoms with Gasteiger partial charge < -0.3 is 5.11 Å². The van der Waals surface area contributed by atoms with Gasteiger partial charge in [0.1, 0.15) is 0 Å². The molecule has 0 heterocycles. The Kier molecular flexibility index (Phi) is 5.82. The number of fused-ring (bicyclic) bond motifs is 5. The van der Waals surface area contributed by atoms with Crippen molar-refractivity contribution in [1.29, 1.82) is 0 Å². The third kappa shape index (κ3) is 3.27. The number of hydrogen-bond acceptors (Lipinski definition) is 1. The molecule has 1 N–H and O–H groups in total. The molecule has 4 aliphatic rings. The molecule has 7 atom stereocenters. The van der Waals surface area contributed by atoms with Crippen LogP contribution in [-0.2, 0) is 0 Å². The van der Waals surface area contributed by atoms with Crippen LogP contribution in [0.15, 0.2) is 11.6 Å². The summed E-state index contributed by atoms with van der Waals surface area (Å²) in [5.41, 5.74) is 2.27. The second kappa shape index (κ2) is 7.64. The van der Waals surface area contributed by atoms with Crippen LogP contribution in [0.25, 0.3) is 0 Å². The lowest BCUT2D eigenvalue weighted by atomic mass is 9.44. The molecular formula is C29H50O. The topological polar surface area (TPSA) is 20.2 Å². The minimum Gasteiger partial charge on any atom is -0.389 e. The molecule has 4 aliphatic carbocycles. The molecular weight excluding hydrogens is 364 g/mol. The average Bonchev–Trinajstić information content (AvgIpc) is 2.93. The van der Waals surface area contributed by atoms with Gasteiger partial charge in [-0.1, -0.05) is 79.4 Å². The van der Waals surface area contributed by atoms with Crippen molar-refractivity contribution in [1.82, 2.24) is 0 Å². The minimum atomic E-state index is -0.448. The second-order valence-electron chi connectivity index (χ2n) is 13.5. The van der Waals surface area contributed by atoms with E-state index in [4.69, 9.17) is 0 Å². The highest BCUT2D eigenvalue weighted by atomic mass is 16.3. The Labute approximate surface area is 187 Å². The summed E-state index contributed by atoms with van der Waals surface area (Å²) in [6.07, 6.45) is 16.8. The van der Waals surface area contributed by atoms with Gasteiger partial charge in [0, 0.05) is 0 Å². The molecule has 4 rings (SSSR count). The lowest BCUT2D eigenvalue weighted by molar-refractivity contribution is -0.151. The highest BCUT2D eigenvalue weighted by Crippen LogP contribution is 2.69. The van der Waals surface area contributed by atoms with E-state index in [9.17, 15) is 5.11 Å². The zero-order chi connectivity index (χ0) is 21.9. The van der Waals surface area contributed by atoms with Crippen molar-refractivity contribution in [2.24, 2.45) is 45.8 Å². The Morgan fingerprint density at radius 1 is 0.933 bits per heavy atom. The van der Waals surface area contributed by atoms with Crippen molar-refractivity contribution in [3.8, 4) is 0 Å². The van der Waals surface area contributed by atoms with E-state index in [0.29, 0.717) is 22.7 Å². The van der Waals surface area contributed by atoms with Gasteiger partial charge >= 0.3 is 0 Å². The molecule has 0 aromatic heterocycles. The largest absolute Gasteiger partial charge is 0.389 e. The maximum Gasteiger partial charge on any atom is 0.0729 e. The highest BCUT2D eigenvalue weighted by molar-refractivity contribution is 5.30. The van der Waals surface area contributed by atoms with Crippen molar-refractivity contribution in [3.63, 3.8) is 0 Å². The molecule has 3 fully saturated rings. The molecule has 172 valence electrons. The molecule has 0 radical (unpaired) electrons. The first-order chi connectivity index (χ1) is 14.0. The summed E-state index contributed by atoms with van der Waals surface area (Å²) in [5.74, 6) is 3.56. The Bertz CT molecular complexity index is 674. The maximum absolute atomic E-state index is 12.1. The van der Waals surface area contributed by atoms with Crippen molar-refractivity contribution < 1.29 is 5.11 Å². The fraction of sp³-hybridized carbons (Fsp3) is 0.931. The number of allylic oxidation sites excluding steroid dienone is 2. The predicted molar refractivity (Wildman–Crippen MR) is 128 cm³/mol. The Morgan fingerprint density at radius 2 is 1.63 bits per heavy atom. The summed E-state index contributed by atoms with van der Waals surface area (Å²) < 4.78 is 0. The Morgan fingerprint density at radius 3 is 2.33 bits per heavy atom. The second-order valence-corrected chi connectivity index (χ2v) is 13.5. The van der Waals surface area contributed by atoms with E-state index in [0.717, 1.165) is 24.2 Å². The van der Waals surface area contributed by atoms with Crippen molar-refractivity contribution in [3.05, 3.63) is 11.6 Å². The molecule has 0 aromatic carbocycles. The molecule has 0 bridgehead atoms. The standard InChI is InChI=1S/C29H50O/c1-20(2)10-8-11-21(3)29(30)19-15-24-22-12-13-25-26(4,5)16-9-17-27(25,6)23(22)14-18-28(24,29)7/h13,20-24,30H,8-12,14-19H2,1-7H3/t21?,22-,23+,24+,27-,28+,29-/m1/s1. The van der Waals surface area contributed by atoms with Gasteiger partial charge in [-0.15, -0.1) is 0 Å². The van der Waals surface area contributed by atoms with Crippen molar-refractivity contribution >= 4 is 0 Å². The van der Waals surface area contributed by atoms with Gasteiger partial charge in [0.25, 0.3) is 0 Å². The lowest BCUT2D eigenvalue weighted by Crippen LogP contribution is -2.57. The van der Waals surface area contributed by atoms with E-state index < -0.39 is 5.60 Å². The molecule has 0 saturated heterocycles. The normalized spacial score (nSPS) is 46.0. The molecule has 0 aromatic rings. The summed E-state index contributed by atoms with van der Waals surface area (Å²) in [4.78, 5) is 0. The third-order valence-corrected chi connectivity index (χ3v) is 11.1. The molecule has 1 heteroatoms. The average molecular weight is 415 g/mol. The minimum absolute atomic E-state index is 0.122. The zero-order valence-electron chi connectivity index (χ0n) is 21.2. The number of rotatable bonds is 5. The van der Waals surface area contributed by atoms with Crippen LogP contribution >= 0.6 is 0 Å². The van der Waals surface area contributed by atoms with Gasteiger partial charge in [-0.05, 0) is 97.2 Å². The summed E-state index contributed by atoms with van der Waals surface area (Å²) in [6.45, 7) is 17.1. The maximum atomic E-state index is 12.1. The molecule has 0 spiro atoms. The fourth-order valence-corrected chi connectivity index (χ4v) is 9.43. The predicted octanol–water partition coefficient (Wildman–Crippen LogP) is 8.17. The molecule has 1 unspecified atom stereocenters. The van der Waals surface area contributed by atoms with E-state index in [2.05, 4.69) is 54.5 Å². The Hall–Kier alpha value is -0.300. The summed E-state index contributed by atoms with van der Waals surface area (Å²) in [7, 11) is 0. The van der Waals surface area contributed by atoms with E-state index >= 15 is 0 Å². The summed E-state index contributed by atoms with van der Waals surface area (Å²) in [5, 5.41) is 12.1. The van der Waals surface area contributed by atoms with Gasteiger partial charge in [0.05, 0.1) is 5.60 Å². The van der Waals surface area contributed by atoms with Gasteiger partial charge in [-0.25, -0.2) is 0 Å². The molecule has 0 aliphatic heterocycles. The van der Waals surface area contributed by atoms with Gasteiger partial charge in [-0.2, -0.15) is 0 Å². The van der Waals surface area contributed by atoms with Crippen molar-refractivity contribution in [2.45, 2.75) is 125 Å².